The summed E-state index contributed by atoms with van der Waals surface area (Å²) in [6.07, 6.45) is 3.60. The molecule has 1 N–H and O–H groups in total. The predicted octanol–water partition coefficient (Wildman–Crippen LogP) is 6.56. The number of rotatable bonds is 7. The second kappa shape index (κ2) is 11.8. The third-order valence-corrected chi connectivity index (χ3v) is 5.55. The van der Waals surface area contributed by atoms with E-state index in [9.17, 15) is 0 Å². The van der Waals surface area contributed by atoms with Gasteiger partial charge in [-0.05, 0) is 30.7 Å². The van der Waals surface area contributed by atoms with Gasteiger partial charge in [-0.15, -0.1) is 36.2 Å². The maximum absolute atomic E-state index is 6.10. The Hall–Kier alpha value is -2.32. The van der Waals surface area contributed by atoms with Crippen LogP contribution in [-0.2, 0) is 6.61 Å². The van der Waals surface area contributed by atoms with Gasteiger partial charge in [-0.3, -0.25) is 0 Å². The van der Waals surface area contributed by atoms with E-state index in [0.29, 0.717) is 18.2 Å². The topological polar surface area (TPSA) is 59.9 Å². The number of aromatic nitrogens is 3. The summed E-state index contributed by atoms with van der Waals surface area (Å²) in [6, 6.07) is 17.9. The number of ether oxygens (including phenoxy) is 1. The Morgan fingerprint density at radius 3 is 2.53 bits per heavy atom. The van der Waals surface area contributed by atoms with Gasteiger partial charge in [0.15, 0.2) is 16.7 Å². The summed E-state index contributed by atoms with van der Waals surface area (Å²) < 4.78 is 6.10. The SMILES string of the molecule is Cc1csc(Nc2ncc(Sc3ccccn3)cc2OCc2ccccc2)n1.Cl.Cl. The van der Waals surface area contributed by atoms with Crippen LogP contribution < -0.4 is 10.1 Å². The first-order valence-corrected chi connectivity index (χ1v) is 10.4. The van der Waals surface area contributed by atoms with Gasteiger partial charge in [0.25, 0.3) is 0 Å². The molecule has 0 saturated heterocycles. The normalized spacial score (nSPS) is 9.90. The Morgan fingerprint density at radius 1 is 1.03 bits per heavy atom. The van der Waals surface area contributed by atoms with E-state index in [1.165, 1.54) is 0 Å². The molecule has 0 aliphatic heterocycles. The standard InChI is InChI=1S/C21H18N4OS2.2ClH/c1-15-14-27-21(24-15)25-20-18(26-13-16-7-3-2-4-8-16)11-17(12-23-20)28-19-9-5-6-10-22-19;;/h2-12,14H,13H2,1H3,(H,23,24,25);2*1H. The minimum atomic E-state index is 0. The van der Waals surface area contributed by atoms with Gasteiger partial charge in [-0.2, -0.15) is 0 Å². The zero-order valence-electron chi connectivity index (χ0n) is 16.0. The van der Waals surface area contributed by atoms with Crippen molar-refractivity contribution >= 4 is 58.9 Å². The van der Waals surface area contributed by atoms with Crippen LogP contribution in [0.2, 0.25) is 0 Å². The number of hydrogen-bond donors (Lipinski definition) is 1. The highest BCUT2D eigenvalue weighted by Gasteiger charge is 2.11. The summed E-state index contributed by atoms with van der Waals surface area (Å²) in [5, 5.41) is 6.97. The smallest absolute Gasteiger partial charge is 0.188 e. The molecular formula is C21H20Cl2N4OS2. The lowest BCUT2D eigenvalue weighted by atomic mass is 10.2. The van der Waals surface area contributed by atoms with E-state index >= 15 is 0 Å². The van der Waals surface area contributed by atoms with Crippen LogP contribution in [0.5, 0.6) is 5.75 Å². The molecule has 156 valence electrons. The summed E-state index contributed by atoms with van der Waals surface area (Å²) in [7, 11) is 0. The zero-order valence-corrected chi connectivity index (χ0v) is 19.3. The molecule has 0 amide bonds. The molecular weight excluding hydrogens is 459 g/mol. The van der Waals surface area contributed by atoms with Crippen molar-refractivity contribution in [1.29, 1.82) is 0 Å². The molecule has 30 heavy (non-hydrogen) atoms. The third-order valence-electron chi connectivity index (χ3n) is 3.77. The molecule has 1 aromatic carbocycles. The van der Waals surface area contributed by atoms with E-state index in [2.05, 4.69) is 20.3 Å². The van der Waals surface area contributed by atoms with Gasteiger partial charge in [0.05, 0.1) is 5.69 Å². The Balaban J connectivity index is 0.00000160. The maximum Gasteiger partial charge on any atom is 0.188 e. The van der Waals surface area contributed by atoms with Crippen molar-refractivity contribution in [3.63, 3.8) is 0 Å². The van der Waals surface area contributed by atoms with Gasteiger partial charge in [0, 0.05) is 22.7 Å². The molecule has 0 saturated carbocycles. The number of nitrogens with zero attached hydrogens (tertiary/aromatic N) is 3. The summed E-state index contributed by atoms with van der Waals surface area (Å²) in [5.74, 6) is 1.33. The lowest BCUT2D eigenvalue weighted by molar-refractivity contribution is 0.306. The Morgan fingerprint density at radius 2 is 1.83 bits per heavy atom. The van der Waals surface area contributed by atoms with Crippen molar-refractivity contribution in [1.82, 2.24) is 15.0 Å². The molecule has 0 spiro atoms. The van der Waals surface area contributed by atoms with E-state index in [1.54, 1.807) is 29.3 Å². The average Bonchev–Trinajstić information content (AvgIpc) is 3.14. The molecule has 0 atom stereocenters. The summed E-state index contributed by atoms with van der Waals surface area (Å²) >= 11 is 3.09. The highest BCUT2D eigenvalue weighted by molar-refractivity contribution is 7.99. The first kappa shape index (κ1) is 24.0. The van der Waals surface area contributed by atoms with Crippen LogP contribution in [0.4, 0.5) is 10.9 Å². The van der Waals surface area contributed by atoms with Crippen LogP contribution in [0.1, 0.15) is 11.3 Å². The number of benzene rings is 1. The van der Waals surface area contributed by atoms with E-state index in [4.69, 9.17) is 4.74 Å². The second-order valence-electron chi connectivity index (χ2n) is 5.98. The molecule has 0 bridgehead atoms. The highest BCUT2D eigenvalue weighted by Crippen LogP contribution is 2.34. The van der Waals surface area contributed by atoms with Crippen LogP contribution in [0.3, 0.4) is 0 Å². The monoisotopic (exact) mass is 478 g/mol. The zero-order chi connectivity index (χ0) is 19.2. The number of halogens is 2. The van der Waals surface area contributed by atoms with Gasteiger partial charge in [-0.25, -0.2) is 15.0 Å². The van der Waals surface area contributed by atoms with E-state index in [0.717, 1.165) is 26.3 Å². The van der Waals surface area contributed by atoms with Crippen molar-refractivity contribution in [2.75, 3.05) is 5.32 Å². The number of thiazole rings is 1. The van der Waals surface area contributed by atoms with Crippen LogP contribution in [0.25, 0.3) is 0 Å². The Labute approximate surface area is 196 Å². The van der Waals surface area contributed by atoms with Crippen molar-refractivity contribution < 1.29 is 4.74 Å². The minimum Gasteiger partial charge on any atom is -0.485 e. The van der Waals surface area contributed by atoms with Gasteiger partial charge in [0.1, 0.15) is 11.6 Å². The van der Waals surface area contributed by atoms with Crippen molar-refractivity contribution in [3.8, 4) is 5.75 Å². The summed E-state index contributed by atoms with van der Waals surface area (Å²) in [4.78, 5) is 14.3. The Bertz CT molecular complexity index is 1050. The van der Waals surface area contributed by atoms with E-state index in [1.807, 2.05) is 73.1 Å². The highest BCUT2D eigenvalue weighted by atomic mass is 35.5. The molecule has 9 heteroatoms. The van der Waals surface area contributed by atoms with Crippen molar-refractivity contribution in [3.05, 3.63) is 83.6 Å². The van der Waals surface area contributed by atoms with E-state index in [-0.39, 0.29) is 24.8 Å². The van der Waals surface area contributed by atoms with E-state index < -0.39 is 0 Å². The first-order chi connectivity index (χ1) is 13.8. The third kappa shape index (κ3) is 6.60. The number of pyridine rings is 2. The largest absolute Gasteiger partial charge is 0.485 e. The van der Waals surface area contributed by atoms with Crippen LogP contribution in [0.15, 0.2) is 82.3 Å². The number of anilines is 2. The molecule has 4 aromatic rings. The predicted molar refractivity (Wildman–Crippen MR) is 128 cm³/mol. The molecule has 0 unspecified atom stereocenters. The summed E-state index contributed by atoms with van der Waals surface area (Å²) in [5.41, 5.74) is 2.07. The van der Waals surface area contributed by atoms with Gasteiger partial charge in [0.2, 0.25) is 0 Å². The molecule has 4 rings (SSSR count). The summed E-state index contributed by atoms with van der Waals surface area (Å²) in [6.45, 7) is 2.43. The molecule has 0 aliphatic rings. The Kier molecular flexibility index (Phi) is 9.39. The fraction of sp³-hybridized carbons (Fsp3) is 0.0952. The quantitative estimate of drug-likeness (QED) is 0.324. The van der Waals surface area contributed by atoms with Crippen LogP contribution in [0, 0.1) is 6.92 Å². The maximum atomic E-state index is 6.10. The van der Waals surface area contributed by atoms with Gasteiger partial charge < -0.3 is 10.1 Å². The van der Waals surface area contributed by atoms with Crippen molar-refractivity contribution in [2.45, 2.75) is 23.5 Å². The number of aryl methyl sites for hydroxylation is 1. The average molecular weight is 479 g/mol. The van der Waals surface area contributed by atoms with Crippen molar-refractivity contribution in [2.24, 2.45) is 0 Å². The number of nitrogens with one attached hydrogen (secondary N) is 1. The number of hydrogen-bond acceptors (Lipinski definition) is 7. The second-order valence-corrected chi connectivity index (χ2v) is 7.93. The molecule has 3 aromatic heterocycles. The first-order valence-electron chi connectivity index (χ1n) is 8.71. The fourth-order valence-corrected chi connectivity index (χ4v) is 3.92. The molecule has 3 heterocycles. The molecule has 0 fully saturated rings. The van der Waals surface area contributed by atoms with Crippen LogP contribution in [-0.4, -0.2) is 15.0 Å². The lowest BCUT2D eigenvalue weighted by Crippen LogP contribution is -2.01. The van der Waals surface area contributed by atoms with Gasteiger partial charge >= 0.3 is 0 Å². The fourth-order valence-electron chi connectivity index (χ4n) is 2.46. The van der Waals surface area contributed by atoms with Gasteiger partial charge in [-0.1, -0.05) is 48.2 Å². The molecule has 0 radical (unpaired) electrons. The minimum absolute atomic E-state index is 0. The van der Waals surface area contributed by atoms with Crippen LogP contribution >= 0.6 is 47.9 Å². The lowest BCUT2D eigenvalue weighted by Gasteiger charge is -2.13. The molecule has 5 nitrogen and oxygen atoms in total. The molecule has 0 aliphatic carbocycles.